The summed E-state index contributed by atoms with van der Waals surface area (Å²) in [6.45, 7) is 7.65. The summed E-state index contributed by atoms with van der Waals surface area (Å²) in [4.78, 5) is 55.1. The van der Waals surface area contributed by atoms with E-state index in [0.29, 0.717) is 23.5 Å². The average Bonchev–Trinajstić information content (AvgIpc) is 3.59. The van der Waals surface area contributed by atoms with Crippen LogP contribution in [0, 0.1) is 5.92 Å². The number of fused-ring (bicyclic) bond motifs is 2. The molecule has 0 aliphatic carbocycles. The molecular formula is C31H40BrN3O7Si. The van der Waals surface area contributed by atoms with Crippen LogP contribution in [0.2, 0.25) is 18.6 Å². The minimum absolute atomic E-state index is 0.0197. The second-order valence-electron chi connectivity index (χ2n) is 12.5. The van der Waals surface area contributed by atoms with E-state index >= 15 is 0 Å². The summed E-state index contributed by atoms with van der Waals surface area (Å²) in [5.74, 6) is -1.36. The molecule has 6 atom stereocenters. The predicted molar refractivity (Wildman–Crippen MR) is 168 cm³/mol. The summed E-state index contributed by atoms with van der Waals surface area (Å²) < 4.78 is 7.57. The molecule has 2 aromatic rings. The van der Waals surface area contributed by atoms with Crippen LogP contribution in [-0.2, 0) is 31.3 Å². The Morgan fingerprint density at radius 3 is 2.65 bits per heavy atom. The Hall–Kier alpha value is -2.61. The minimum Gasteiger partial charge on any atom is -0.432 e. The molecule has 2 aromatic carbocycles. The molecule has 43 heavy (non-hydrogen) atoms. The van der Waals surface area contributed by atoms with Crippen LogP contribution in [0.15, 0.2) is 46.9 Å². The third-order valence-electron chi connectivity index (χ3n) is 9.14. The van der Waals surface area contributed by atoms with Gasteiger partial charge in [0.15, 0.2) is 13.9 Å². The maximum atomic E-state index is 14.6. The van der Waals surface area contributed by atoms with Gasteiger partial charge >= 0.3 is 0 Å². The standard InChI is InChI=1S/C31H40BrN3O7Si/c1-18-28(43(3,4)41)26(15-27(38)34-12-6-9-23(34)17-36)42-31(18)24-14-21(32)10-11-25(24)35(30(31)40)16-20-7-5-8-22(13-20)33-29(39)19(2)37/h5,7-8,10-11,13-14,18-19,23,26,28,36-37,41H,6,9,12,15-17H2,1-4H3,(H,33,39)/t18-,19+,23+,26+,28-,31+/m1/s1. The molecule has 0 aromatic heterocycles. The van der Waals surface area contributed by atoms with Crippen molar-refractivity contribution >= 4 is 53.3 Å². The van der Waals surface area contributed by atoms with E-state index in [1.165, 1.54) is 6.92 Å². The van der Waals surface area contributed by atoms with Gasteiger partial charge in [0.05, 0.1) is 37.4 Å². The highest BCUT2D eigenvalue weighted by atomic mass is 79.9. The quantitative estimate of drug-likeness (QED) is 0.315. The summed E-state index contributed by atoms with van der Waals surface area (Å²) in [6, 6.07) is 12.5. The second kappa shape index (κ2) is 12.1. The van der Waals surface area contributed by atoms with Gasteiger partial charge in [-0.1, -0.05) is 35.0 Å². The summed E-state index contributed by atoms with van der Waals surface area (Å²) in [5.41, 5.74) is 0.827. The number of carbonyl (C=O) groups is 3. The van der Waals surface area contributed by atoms with E-state index in [-0.39, 0.29) is 37.4 Å². The first kappa shape index (κ1) is 31.8. The normalized spacial score (nSPS) is 27.6. The topological polar surface area (TPSA) is 140 Å². The number of aliphatic hydroxyl groups excluding tert-OH is 2. The Morgan fingerprint density at radius 2 is 1.98 bits per heavy atom. The number of rotatable bonds is 8. The van der Waals surface area contributed by atoms with E-state index in [9.17, 15) is 29.4 Å². The lowest BCUT2D eigenvalue weighted by molar-refractivity contribution is -0.150. The fourth-order valence-electron chi connectivity index (χ4n) is 7.23. The first-order valence-electron chi connectivity index (χ1n) is 14.8. The van der Waals surface area contributed by atoms with Crippen LogP contribution in [0.1, 0.15) is 44.2 Å². The predicted octanol–water partition coefficient (Wildman–Crippen LogP) is 3.49. The van der Waals surface area contributed by atoms with Gasteiger partial charge in [-0.15, -0.1) is 0 Å². The monoisotopic (exact) mass is 673 g/mol. The van der Waals surface area contributed by atoms with Crippen LogP contribution < -0.4 is 10.2 Å². The highest BCUT2D eigenvalue weighted by Gasteiger charge is 2.66. The Labute approximate surface area is 261 Å². The largest absolute Gasteiger partial charge is 0.432 e. The molecule has 0 radical (unpaired) electrons. The first-order chi connectivity index (χ1) is 20.3. The van der Waals surface area contributed by atoms with Gasteiger partial charge in [0, 0.05) is 33.7 Å². The van der Waals surface area contributed by atoms with Gasteiger partial charge in [0.2, 0.25) is 5.91 Å². The summed E-state index contributed by atoms with van der Waals surface area (Å²) >= 11 is 3.56. The van der Waals surface area contributed by atoms with E-state index in [1.54, 1.807) is 28.0 Å². The minimum atomic E-state index is -2.96. The lowest BCUT2D eigenvalue weighted by atomic mass is 9.82. The summed E-state index contributed by atoms with van der Waals surface area (Å²) in [7, 11) is -2.96. The van der Waals surface area contributed by atoms with Gasteiger partial charge in [0.25, 0.3) is 11.8 Å². The third-order valence-corrected chi connectivity index (χ3v) is 12.1. The van der Waals surface area contributed by atoms with Crippen molar-refractivity contribution in [2.24, 2.45) is 5.92 Å². The van der Waals surface area contributed by atoms with Crippen LogP contribution in [0.3, 0.4) is 0 Å². The molecule has 2 fully saturated rings. The number of halogens is 1. The molecule has 10 nitrogen and oxygen atoms in total. The van der Waals surface area contributed by atoms with Crippen LogP contribution in [0.25, 0.3) is 0 Å². The molecule has 12 heteroatoms. The van der Waals surface area contributed by atoms with E-state index in [0.717, 1.165) is 22.9 Å². The Morgan fingerprint density at radius 1 is 1.23 bits per heavy atom. The molecule has 2 saturated heterocycles. The molecule has 3 amide bonds. The number of aliphatic hydroxyl groups is 2. The van der Waals surface area contributed by atoms with E-state index in [1.807, 2.05) is 44.3 Å². The molecular weight excluding hydrogens is 634 g/mol. The fraction of sp³-hybridized carbons (Fsp3) is 0.516. The van der Waals surface area contributed by atoms with Gasteiger partial charge in [-0.05, 0) is 68.8 Å². The Bertz CT molecular complexity index is 1420. The first-order valence-corrected chi connectivity index (χ1v) is 18.6. The molecule has 0 unspecified atom stereocenters. The number of ether oxygens (including phenoxy) is 1. The number of nitrogens with one attached hydrogen (secondary N) is 1. The maximum absolute atomic E-state index is 14.6. The van der Waals surface area contributed by atoms with Crippen LogP contribution in [0.4, 0.5) is 11.4 Å². The zero-order valence-corrected chi connectivity index (χ0v) is 27.5. The zero-order chi connectivity index (χ0) is 31.3. The number of amides is 3. The van der Waals surface area contributed by atoms with Crippen LogP contribution in [0.5, 0.6) is 0 Å². The lowest BCUT2D eigenvalue weighted by Crippen LogP contribution is -2.46. The number of carbonyl (C=O) groups excluding carboxylic acids is 3. The van der Waals surface area contributed by atoms with Crippen molar-refractivity contribution in [1.82, 2.24) is 4.90 Å². The van der Waals surface area contributed by atoms with Crippen molar-refractivity contribution in [1.29, 1.82) is 0 Å². The van der Waals surface area contributed by atoms with Crippen molar-refractivity contribution in [3.63, 3.8) is 0 Å². The van der Waals surface area contributed by atoms with Crippen molar-refractivity contribution in [3.8, 4) is 0 Å². The van der Waals surface area contributed by atoms with Gasteiger partial charge in [-0.3, -0.25) is 14.4 Å². The molecule has 0 saturated carbocycles. The Kier molecular flexibility index (Phi) is 8.92. The number of likely N-dealkylation sites (tertiary alicyclic amines) is 1. The van der Waals surface area contributed by atoms with Gasteiger partial charge < -0.3 is 34.9 Å². The summed E-state index contributed by atoms with van der Waals surface area (Å²) in [5, 5.41) is 22.1. The molecule has 4 N–H and O–H groups in total. The van der Waals surface area contributed by atoms with Gasteiger partial charge in [-0.2, -0.15) is 0 Å². The Balaban J connectivity index is 1.50. The number of anilines is 2. The smallest absolute Gasteiger partial charge is 0.264 e. The number of hydrogen-bond acceptors (Lipinski definition) is 7. The van der Waals surface area contributed by atoms with Gasteiger partial charge in [-0.25, -0.2) is 0 Å². The van der Waals surface area contributed by atoms with E-state index < -0.39 is 43.5 Å². The van der Waals surface area contributed by atoms with Gasteiger partial charge in [0.1, 0.15) is 6.10 Å². The maximum Gasteiger partial charge on any atom is 0.264 e. The number of benzene rings is 2. The van der Waals surface area contributed by atoms with E-state index in [2.05, 4.69) is 21.2 Å². The molecule has 0 bridgehead atoms. The van der Waals surface area contributed by atoms with Crippen molar-refractivity contribution < 1.29 is 34.1 Å². The lowest BCUT2D eigenvalue weighted by Gasteiger charge is -2.33. The zero-order valence-electron chi connectivity index (χ0n) is 24.9. The average molecular weight is 675 g/mol. The fourth-order valence-corrected chi connectivity index (χ4v) is 10.1. The van der Waals surface area contributed by atoms with Crippen molar-refractivity contribution in [3.05, 3.63) is 58.1 Å². The number of hydrogen-bond donors (Lipinski definition) is 4. The second-order valence-corrected chi connectivity index (χ2v) is 17.4. The highest BCUT2D eigenvalue weighted by Crippen LogP contribution is 2.60. The van der Waals surface area contributed by atoms with Crippen molar-refractivity contribution in [2.45, 2.75) is 82.1 Å². The molecule has 5 rings (SSSR count). The molecule has 3 heterocycles. The number of nitrogens with zero attached hydrogens (tertiary/aromatic N) is 2. The molecule has 3 aliphatic rings. The van der Waals surface area contributed by atoms with E-state index in [4.69, 9.17) is 4.74 Å². The van der Waals surface area contributed by atoms with Crippen molar-refractivity contribution in [2.75, 3.05) is 23.4 Å². The molecule has 3 aliphatic heterocycles. The SMILES string of the molecule is C[C@H](O)C(=O)Nc1cccc(CN2C(=O)[C@@]3(O[C@@H](CC(=O)N4CCC[C@H]4CO)[C@H]([Si](C)(C)O)[C@H]3C)c3cc(Br)ccc32)c1. The molecule has 1 spiro atoms. The highest BCUT2D eigenvalue weighted by molar-refractivity contribution is 9.10. The summed E-state index contributed by atoms with van der Waals surface area (Å²) in [6.07, 6.45) is -0.251. The van der Waals surface area contributed by atoms with Crippen LogP contribution in [-0.4, -0.2) is 77.3 Å². The third kappa shape index (κ3) is 5.80. The van der Waals surface area contributed by atoms with Crippen LogP contribution >= 0.6 is 15.9 Å². The molecule has 232 valence electrons.